The Morgan fingerprint density at radius 3 is 3.12 bits per heavy atom. The zero-order valence-corrected chi connectivity index (χ0v) is 10.1. The lowest BCUT2D eigenvalue weighted by Gasteiger charge is -2.29. The minimum absolute atomic E-state index is 0.0124. The van der Waals surface area contributed by atoms with Crippen molar-refractivity contribution >= 4 is 17.3 Å². The van der Waals surface area contributed by atoms with E-state index in [1.807, 2.05) is 25.1 Å². The highest BCUT2D eigenvalue weighted by Gasteiger charge is 2.22. The van der Waals surface area contributed by atoms with Gasteiger partial charge in [0.15, 0.2) is 0 Å². The molecule has 0 aliphatic carbocycles. The number of hydrogen-bond donors (Lipinski definition) is 1. The molecule has 1 amide bonds. The van der Waals surface area contributed by atoms with E-state index in [2.05, 4.69) is 0 Å². The molecule has 0 fully saturated rings. The van der Waals surface area contributed by atoms with E-state index in [0.717, 1.165) is 25.1 Å². The molecule has 4 heteroatoms. The number of carbonyl (C=O) groups excluding carboxylic acids is 1. The summed E-state index contributed by atoms with van der Waals surface area (Å²) in [5, 5.41) is 0. The molecule has 2 N–H and O–H groups in total. The van der Waals surface area contributed by atoms with Gasteiger partial charge < -0.3 is 15.4 Å². The van der Waals surface area contributed by atoms with Crippen molar-refractivity contribution in [1.82, 2.24) is 0 Å². The van der Waals surface area contributed by atoms with Crippen molar-refractivity contribution < 1.29 is 9.53 Å². The Labute approximate surface area is 101 Å². The molecule has 4 nitrogen and oxygen atoms in total. The SMILES string of the molecule is CCOCC(=O)N1CCCc2ccc(N)cc21. The summed E-state index contributed by atoms with van der Waals surface area (Å²) in [6.45, 7) is 3.34. The van der Waals surface area contributed by atoms with Crippen LogP contribution in [0.3, 0.4) is 0 Å². The predicted molar refractivity (Wildman–Crippen MR) is 68.0 cm³/mol. The van der Waals surface area contributed by atoms with Crippen molar-refractivity contribution in [2.75, 3.05) is 30.4 Å². The van der Waals surface area contributed by atoms with Crippen LogP contribution in [0.4, 0.5) is 11.4 Å². The van der Waals surface area contributed by atoms with E-state index >= 15 is 0 Å². The number of nitrogens with two attached hydrogens (primary N) is 1. The molecule has 1 aliphatic heterocycles. The van der Waals surface area contributed by atoms with Crippen LogP contribution in [0, 0.1) is 0 Å². The van der Waals surface area contributed by atoms with Gasteiger partial charge in [-0.25, -0.2) is 0 Å². The molecule has 1 aromatic carbocycles. The maximum Gasteiger partial charge on any atom is 0.252 e. The summed E-state index contributed by atoms with van der Waals surface area (Å²) in [5.41, 5.74) is 8.60. The van der Waals surface area contributed by atoms with Gasteiger partial charge >= 0.3 is 0 Å². The molecule has 0 unspecified atom stereocenters. The lowest BCUT2D eigenvalue weighted by molar-refractivity contribution is -0.123. The van der Waals surface area contributed by atoms with Gasteiger partial charge in [-0.05, 0) is 37.5 Å². The molecule has 2 rings (SSSR count). The summed E-state index contributed by atoms with van der Waals surface area (Å²) in [6.07, 6.45) is 2.00. The second-order valence-corrected chi connectivity index (χ2v) is 4.17. The maximum atomic E-state index is 12.0. The fraction of sp³-hybridized carbons (Fsp3) is 0.462. The second kappa shape index (κ2) is 5.19. The average molecular weight is 234 g/mol. The van der Waals surface area contributed by atoms with E-state index in [-0.39, 0.29) is 12.5 Å². The molecule has 17 heavy (non-hydrogen) atoms. The molecule has 1 aromatic rings. The molecule has 0 atom stereocenters. The van der Waals surface area contributed by atoms with E-state index in [9.17, 15) is 4.79 Å². The molecule has 92 valence electrons. The highest BCUT2D eigenvalue weighted by molar-refractivity contribution is 5.96. The number of rotatable bonds is 3. The number of aryl methyl sites for hydroxylation is 1. The first-order chi connectivity index (χ1) is 8.22. The van der Waals surface area contributed by atoms with E-state index < -0.39 is 0 Å². The monoisotopic (exact) mass is 234 g/mol. The number of benzene rings is 1. The van der Waals surface area contributed by atoms with Gasteiger partial charge in [-0.15, -0.1) is 0 Å². The average Bonchev–Trinajstić information content (AvgIpc) is 2.35. The van der Waals surface area contributed by atoms with E-state index in [1.54, 1.807) is 4.90 Å². The predicted octanol–water partition coefficient (Wildman–Crippen LogP) is 1.58. The van der Waals surface area contributed by atoms with Crippen LogP contribution in [0.2, 0.25) is 0 Å². The largest absolute Gasteiger partial charge is 0.399 e. The van der Waals surface area contributed by atoms with Crippen LogP contribution >= 0.6 is 0 Å². The Bertz CT molecular complexity index is 418. The van der Waals surface area contributed by atoms with Gasteiger partial charge in [-0.2, -0.15) is 0 Å². The van der Waals surface area contributed by atoms with Crippen molar-refractivity contribution in [2.45, 2.75) is 19.8 Å². The normalized spacial score (nSPS) is 14.5. The molecule has 0 bridgehead atoms. The summed E-state index contributed by atoms with van der Waals surface area (Å²) < 4.78 is 5.17. The Kier molecular flexibility index (Phi) is 3.64. The molecule has 0 aromatic heterocycles. The van der Waals surface area contributed by atoms with Crippen molar-refractivity contribution in [2.24, 2.45) is 0 Å². The Morgan fingerprint density at radius 1 is 1.53 bits per heavy atom. The lowest BCUT2D eigenvalue weighted by atomic mass is 10.0. The van der Waals surface area contributed by atoms with Gasteiger partial charge in [0.1, 0.15) is 6.61 Å². The summed E-state index contributed by atoms with van der Waals surface area (Å²) in [4.78, 5) is 13.8. The van der Waals surface area contributed by atoms with Crippen molar-refractivity contribution in [1.29, 1.82) is 0 Å². The number of carbonyl (C=O) groups is 1. The first-order valence-electron chi connectivity index (χ1n) is 5.99. The first-order valence-corrected chi connectivity index (χ1v) is 5.99. The minimum atomic E-state index is 0.0124. The molecule has 0 radical (unpaired) electrons. The van der Waals surface area contributed by atoms with Crippen LogP contribution in [0.15, 0.2) is 18.2 Å². The van der Waals surface area contributed by atoms with Crippen LogP contribution in [-0.4, -0.2) is 25.7 Å². The summed E-state index contributed by atoms with van der Waals surface area (Å²) in [5.74, 6) is 0.0124. The Balaban J connectivity index is 2.21. The van der Waals surface area contributed by atoms with Gasteiger partial charge in [-0.1, -0.05) is 6.07 Å². The number of anilines is 2. The zero-order valence-electron chi connectivity index (χ0n) is 10.1. The first kappa shape index (κ1) is 11.9. The van der Waals surface area contributed by atoms with Crippen molar-refractivity contribution in [3.05, 3.63) is 23.8 Å². The highest BCUT2D eigenvalue weighted by Crippen LogP contribution is 2.29. The van der Waals surface area contributed by atoms with E-state index in [0.29, 0.717) is 12.3 Å². The standard InChI is InChI=1S/C13H18N2O2/c1-2-17-9-13(16)15-7-3-4-10-5-6-11(14)8-12(10)15/h5-6,8H,2-4,7,9,14H2,1H3. The van der Waals surface area contributed by atoms with Crippen LogP contribution in [-0.2, 0) is 16.0 Å². The third-order valence-corrected chi connectivity index (χ3v) is 2.96. The molecule has 1 heterocycles. The van der Waals surface area contributed by atoms with Gasteiger partial charge in [0.25, 0.3) is 5.91 Å². The van der Waals surface area contributed by atoms with Gasteiger partial charge in [0.05, 0.1) is 0 Å². The fourth-order valence-corrected chi connectivity index (χ4v) is 2.12. The number of nitrogens with zero attached hydrogens (tertiary/aromatic N) is 1. The number of ether oxygens (including phenoxy) is 1. The van der Waals surface area contributed by atoms with Gasteiger partial charge in [-0.3, -0.25) is 4.79 Å². The van der Waals surface area contributed by atoms with Crippen LogP contribution < -0.4 is 10.6 Å². The number of nitrogen functional groups attached to an aromatic ring is 1. The summed E-state index contributed by atoms with van der Waals surface area (Å²) in [7, 11) is 0. The maximum absolute atomic E-state index is 12.0. The second-order valence-electron chi connectivity index (χ2n) is 4.17. The highest BCUT2D eigenvalue weighted by atomic mass is 16.5. The number of amides is 1. The van der Waals surface area contributed by atoms with Crippen LogP contribution in [0.5, 0.6) is 0 Å². The van der Waals surface area contributed by atoms with Crippen LogP contribution in [0.1, 0.15) is 18.9 Å². The van der Waals surface area contributed by atoms with E-state index in [4.69, 9.17) is 10.5 Å². The molecule has 0 spiro atoms. The Morgan fingerprint density at radius 2 is 2.35 bits per heavy atom. The quantitative estimate of drug-likeness (QED) is 0.808. The van der Waals surface area contributed by atoms with Gasteiger partial charge in [0.2, 0.25) is 0 Å². The topological polar surface area (TPSA) is 55.6 Å². The Hall–Kier alpha value is -1.55. The lowest BCUT2D eigenvalue weighted by Crippen LogP contribution is -2.38. The third-order valence-electron chi connectivity index (χ3n) is 2.96. The molecular weight excluding hydrogens is 216 g/mol. The fourth-order valence-electron chi connectivity index (χ4n) is 2.12. The minimum Gasteiger partial charge on any atom is -0.399 e. The van der Waals surface area contributed by atoms with Crippen molar-refractivity contribution in [3.8, 4) is 0 Å². The number of hydrogen-bond acceptors (Lipinski definition) is 3. The smallest absolute Gasteiger partial charge is 0.252 e. The molecule has 1 aliphatic rings. The van der Waals surface area contributed by atoms with E-state index in [1.165, 1.54) is 5.56 Å². The summed E-state index contributed by atoms with van der Waals surface area (Å²) in [6, 6.07) is 5.76. The van der Waals surface area contributed by atoms with Crippen molar-refractivity contribution in [3.63, 3.8) is 0 Å². The third kappa shape index (κ3) is 2.58. The molecule has 0 saturated heterocycles. The number of fused-ring (bicyclic) bond motifs is 1. The van der Waals surface area contributed by atoms with Crippen LogP contribution in [0.25, 0.3) is 0 Å². The van der Waals surface area contributed by atoms with Gasteiger partial charge in [0, 0.05) is 24.5 Å². The zero-order chi connectivity index (χ0) is 12.3. The molecule has 0 saturated carbocycles. The summed E-state index contributed by atoms with van der Waals surface area (Å²) >= 11 is 0. The molecular formula is C13H18N2O2.